The van der Waals surface area contributed by atoms with E-state index in [4.69, 9.17) is 0 Å². The third-order valence-electron chi connectivity index (χ3n) is 3.68. The molecule has 0 atom stereocenters. The molecule has 1 N–H and O–H groups in total. The smallest absolute Gasteiger partial charge is 0.161 e. The standard InChI is InChI=1S/C20H19N5/c1-3-7-18-15(2)23-19(17-8-5-4-6-9-17)24-20(18)25-22-14-16-10-12-21-13-11-16/h3-6,8-14H,1,7H2,2H3,(H,23,24,25)/b22-14-. The van der Waals surface area contributed by atoms with Gasteiger partial charge >= 0.3 is 0 Å². The molecule has 2 heterocycles. The quantitative estimate of drug-likeness (QED) is 0.421. The van der Waals surface area contributed by atoms with E-state index in [0.29, 0.717) is 18.1 Å². The Bertz CT molecular complexity index is 873. The number of aryl methyl sites for hydroxylation is 1. The van der Waals surface area contributed by atoms with Crippen molar-refractivity contribution in [2.24, 2.45) is 5.10 Å². The molecule has 5 heteroatoms. The van der Waals surface area contributed by atoms with Gasteiger partial charge in [0.1, 0.15) is 0 Å². The van der Waals surface area contributed by atoms with Crippen LogP contribution in [0, 0.1) is 6.92 Å². The fourth-order valence-corrected chi connectivity index (χ4v) is 2.41. The van der Waals surface area contributed by atoms with Gasteiger partial charge in [-0.2, -0.15) is 5.10 Å². The summed E-state index contributed by atoms with van der Waals surface area (Å²) >= 11 is 0. The number of aromatic nitrogens is 3. The molecule has 0 saturated carbocycles. The number of allylic oxidation sites excluding steroid dienone is 1. The molecule has 3 rings (SSSR count). The van der Waals surface area contributed by atoms with E-state index in [9.17, 15) is 0 Å². The van der Waals surface area contributed by atoms with Gasteiger partial charge in [0.2, 0.25) is 0 Å². The summed E-state index contributed by atoms with van der Waals surface area (Å²) in [6.45, 7) is 5.79. The average molecular weight is 329 g/mol. The van der Waals surface area contributed by atoms with Crippen LogP contribution in [0.1, 0.15) is 16.8 Å². The fourth-order valence-electron chi connectivity index (χ4n) is 2.41. The first-order valence-electron chi connectivity index (χ1n) is 8.01. The van der Waals surface area contributed by atoms with Crippen LogP contribution in [0.2, 0.25) is 0 Å². The Kier molecular flexibility index (Phi) is 5.26. The van der Waals surface area contributed by atoms with Crippen LogP contribution in [0.15, 0.2) is 72.6 Å². The van der Waals surface area contributed by atoms with Gasteiger partial charge in [0.05, 0.1) is 6.21 Å². The van der Waals surface area contributed by atoms with Crippen molar-refractivity contribution in [2.75, 3.05) is 5.43 Å². The summed E-state index contributed by atoms with van der Waals surface area (Å²) in [4.78, 5) is 13.3. The first-order chi connectivity index (χ1) is 12.3. The Labute approximate surface area is 147 Å². The second kappa shape index (κ2) is 7.97. The highest BCUT2D eigenvalue weighted by Gasteiger charge is 2.11. The first-order valence-corrected chi connectivity index (χ1v) is 8.01. The Morgan fingerprint density at radius 1 is 1.08 bits per heavy atom. The minimum atomic E-state index is 0.674. The van der Waals surface area contributed by atoms with Crippen LogP contribution < -0.4 is 5.43 Å². The fraction of sp³-hybridized carbons (Fsp3) is 0.100. The molecule has 1 aromatic carbocycles. The third kappa shape index (κ3) is 4.14. The number of hydrazone groups is 1. The topological polar surface area (TPSA) is 63.1 Å². The molecule has 0 bridgehead atoms. The van der Waals surface area contributed by atoms with Gasteiger partial charge in [-0.15, -0.1) is 6.58 Å². The van der Waals surface area contributed by atoms with Crippen LogP contribution in [0.3, 0.4) is 0 Å². The van der Waals surface area contributed by atoms with Crippen molar-refractivity contribution >= 4 is 12.0 Å². The lowest BCUT2D eigenvalue weighted by Crippen LogP contribution is -2.05. The molecule has 25 heavy (non-hydrogen) atoms. The van der Waals surface area contributed by atoms with Crippen molar-refractivity contribution in [3.8, 4) is 11.4 Å². The molecule has 0 amide bonds. The van der Waals surface area contributed by atoms with Crippen molar-refractivity contribution in [1.29, 1.82) is 0 Å². The SMILES string of the molecule is C=CCc1c(C)nc(-c2ccccc2)nc1N/N=C\c1ccncc1. The Hall–Kier alpha value is -3.34. The lowest BCUT2D eigenvalue weighted by Gasteiger charge is -2.11. The Morgan fingerprint density at radius 3 is 2.56 bits per heavy atom. The molecule has 124 valence electrons. The average Bonchev–Trinajstić information content (AvgIpc) is 2.66. The molecule has 2 aromatic heterocycles. The van der Waals surface area contributed by atoms with Crippen LogP contribution in [-0.2, 0) is 6.42 Å². The minimum Gasteiger partial charge on any atom is -0.265 e. The molecular formula is C20H19N5. The molecule has 0 fully saturated rings. The van der Waals surface area contributed by atoms with E-state index in [0.717, 1.165) is 22.4 Å². The molecule has 0 unspecified atom stereocenters. The maximum Gasteiger partial charge on any atom is 0.161 e. The zero-order valence-electron chi connectivity index (χ0n) is 14.1. The van der Waals surface area contributed by atoms with Gasteiger partial charge in [-0.05, 0) is 31.0 Å². The highest BCUT2D eigenvalue weighted by atomic mass is 15.3. The second-order valence-corrected chi connectivity index (χ2v) is 5.47. The Balaban J connectivity index is 1.93. The summed E-state index contributed by atoms with van der Waals surface area (Å²) in [5.41, 5.74) is 6.88. The van der Waals surface area contributed by atoms with Crippen LogP contribution in [-0.4, -0.2) is 21.2 Å². The monoisotopic (exact) mass is 329 g/mol. The van der Waals surface area contributed by atoms with Gasteiger partial charge in [-0.1, -0.05) is 36.4 Å². The van der Waals surface area contributed by atoms with E-state index < -0.39 is 0 Å². The van der Waals surface area contributed by atoms with E-state index in [-0.39, 0.29) is 0 Å². The van der Waals surface area contributed by atoms with Crippen LogP contribution in [0.4, 0.5) is 5.82 Å². The number of hydrogen-bond donors (Lipinski definition) is 1. The lowest BCUT2D eigenvalue weighted by atomic mass is 10.1. The zero-order chi connectivity index (χ0) is 17.5. The van der Waals surface area contributed by atoms with Crippen molar-refractivity contribution < 1.29 is 0 Å². The summed E-state index contributed by atoms with van der Waals surface area (Å²) in [5.74, 6) is 1.36. The predicted molar refractivity (Wildman–Crippen MR) is 102 cm³/mol. The van der Waals surface area contributed by atoms with Gasteiger partial charge in [-0.3, -0.25) is 10.4 Å². The van der Waals surface area contributed by atoms with Gasteiger partial charge < -0.3 is 0 Å². The largest absolute Gasteiger partial charge is 0.265 e. The van der Waals surface area contributed by atoms with E-state index in [1.54, 1.807) is 18.6 Å². The van der Waals surface area contributed by atoms with Crippen molar-refractivity contribution in [1.82, 2.24) is 15.0 Å². The van der Waals surface area contributed by atoms with Gasteiger partial charge in [0.25, 0.3) is 0 Å². The molecule has 0 aliphatic heterocycles. The molecule has 0 spiro atoms. The molecular weight excluding hydrogens is 310 g/mol. The minimum absolute atomic E-state index is 0.674. The summed E-state index contributed by atoms with van der Waals surface area (Å²) in [6.07, 6.45) is 7.71. The zero-order valence-corrected chi connectivity index (χ0v) is 14.1. The summed E-state index contributed by atoms with van der Waals surface area (Å²) in [6, 6.07) is 13.7. The predicted octanol–water partition coefficient (Wildman–Crippen LogP) is 4.02. The maximum absolute atomic E-state index is 4.66. The number of anilines is 1. The maximum atomic E-state index is 4.66. The van der Waals surface area contributed by atoms with Gasteiger partial charge in [0.15, 0.2) is 11.6 Å². The molecule has 0 aliphatic carbocycles. The van der Waals surface area contributed by atoms with E-state index in [1.807, 2.05) is 55.5 Å². The number of nitrogens with one attached hydrogen (secondary N) is 1. The second-order valence-electron chi connectivity index (χ2n) is 5.47. The summed E-state index contributed by atoms with van der Waals surface area (Å²) in [7, 11) is 0. The molecule has 3 aromatic rings. The van der Waals surface area contributed by atoms with E-state index in [1.165, 1.54) is 0 Å². The van der Waals surface area contributed by atoms with Gasteiger partial charge in [-0.25, -0.2) is 9.97 Å². The van der Waals surface area contributed by atoms with Crippen molar-refractivity contribution in [2.45, 2.75) is 13.3 Å². The first kappa shape index (κ1) is 16.5. The van der Waals surface area contributed by atoms with Crippen LogP contribution in [0.5, 0.6) is 0 Å². The highest BCUT2D eigenvalue weighted by Crippen LogP contribution is 2.23. The number of nitrogens with zero attached hydrogens (tertiary/aromatic N) is 4. The van der Waals surface area contributed by atoms with Crippen LogP contribution >= 0.6 is 0 Å². The summed E-state index contributed by atoms with van der Waals surface area (Å²) in [5, 5.41) is 4.30. The van der Waals surface area contributed by atoms with E-state index in [2.05, 4.69) is 32.1 Å². The molecule has 5 nitrogen and oxygen atoms in total. The molecule has 0 saturated heterocycles. The van der Waals surface area contributed by atoms with Crippen LogP contribution in [0.25, 0.3) is 11.4 Å². The lowest BCUT2D eigenvalue weighted by molar-refractivity contribution is 1.03. The van der Waals surface area contributed by atoms with Crippen molar-refractivity contribution in [3.05, 3.63) is 84.3 Å². The number of benzene rings is 1. The number of rotatable bonds is 6. The summed E-state index contributed by atoms with van der Waals surface area (Å²) < 4.78 is 0. The third-order valence-corrected chi connectivity index (χ3v) is 3.68. The Morgan fingerprint density at radius 2 is 1.84 bits per heavy atom. The number of hydrogen-bond acceptors (Lipinski definition) is 5. The molecule has 0 aliphatic rings. The van der Waals surface area contributed by atoms with E-state index >= 15 is 0 Å². The number of pyridine rings is 1. The van der Waals surface area contributed by atoms with Crippen molar-refractivity contribution in [3.63, 3.8) is 0 Å². The highest BCUT2D eigenvalue weighted by molar-refractivity contribution is 5.79. The normalized spacial score (nSPS) is 10.8. The van der Waals surface area contributed by atoms with Gasteiger partial charge in [0, 0.05) is 29.2 Å². The molecule has 0 radical (unpaired) electrons.